The number of carbonyl (C=O) groups excluding carboxylic acids is 2. The van der Waals surface area contributed by atoms with Crippen LogP contribution in [0.3, 0.4) is 0 Å². The van der Waals surface area contributed by atoms with E-state index in [9.17, 15) is 9.59 Å². The Morgan fingerprint density at radius 3 is 2.96 bits per heavy atom. The molecule has 1 atom stereocenters. The van der Waals surface area contributed by atoms with Crippen molar-refractivity contribution in [2.24, 2.45) is 5.73 Å². The fourth-order valence-electron chi connectivity index (χ4n) is 3.12. The number of nitrogens with zero attached hydrogens (tertiary/aromatic N) is 1. The Labute approximate surface area is 145 Å². The molecule has 1 unspecified atom stereocenters. The Bertz CT molecular complexity index is 756. The lowest BCUT2D eigenvalue weighted by Crippen LogP contribution is -2.39. The van der Waals surface area contributed by atoms with Crippen LogP contribution in [0.4, 0.5) is 0 Å². The number of fused-ring (bicyclic) bond motifs is 1. The first-order valence-corrected chi connectivity index (χ1v) is 8.86. The molecule has 1 aromatic heterocycles. The highest BCUT2D eigenvalue weighted by Gasteiger charge is 2.30. The molecule has 2 heterocycles. The molecule has 0 radical (unpaired) electrons. The summed E-state index contributed by atoms with van der Waals surface area (Å²) in [5.74, 6) is -0.0806. The zero-order chi connectivity index (χ0) is 17.1. The molecule has 2 amide bonds. The van der Waals surface area contributed by atoms with Gasteiger partial charge in [0.15, 0.2) is 6.61 Å². The lowest BCUT2D eigenvalue weighted by Gasteiger charge is -2.35. The average Bonchev–Trinajstić information content (AvgIpc) is 3.07. The Hall–Kier alpha value is -2.34. The van der Waals surface area contributed by atoms with Crippen molar-refractivity contribution in [1.29, 1.82) is 0 Å². The van der Waals surface area contributed by atoms with E-state index in [0.717, 1.165) is 19.4 Å². The van der Waals surface area contributed by atoms with Crippen molar-refractivity contribution in [1.82, 2.24) is 4.90 Å². The molecule has 24 heavy (non-hydrogen) atoms. The van der Waals surface area contributed by atoms with E-state index in [-0.39, 0.29) is 18.6 Å². The zero-order valence-electron chi connectivity index (χ0n) is 13.5. The molecule has 3 rings (SSSR count). The van der Waals surface area contributed by atoms with Crippen molar-refractivity contribution in [3.05, 3.63) is 51.7 Å². The summed E-state index contributed by atoms with van der Waals surface area (Å²) < 4.78 is 5.30. The normalized spacial score (nSPS) is 16.5. The molecule has 0 spiro atoms. The van der Waals surface area contributed by atoms with Crippen molar-refractivity contribution in [2.75, 3.05) is 13.2 Å². The molecule has 5 nitrogen and oxygen atoms in total. The van der Waals surface area contributed by atoms with Crippen molar-refractivity contribution >= 4 is 23.2 Å². The SMILES string of the molecule is CCC1c2ccsc2CCN1C(=O)c1cccc(OCC(N)=O)c1. The van der Waals surface area contributed by atoms with E-state index in [0.29, 0.717) is 11.3 Å². The van der Waals surface area contributed by atoms with Gasteiger partial charge >= 0.3 is 0 Å². The van der Waals surface area contributed by atoms with Crippen molar-refractivity contribution < 1.29 is 14.3 Å². The Morgan fingerprint density at radius 1 is 1.38 bits per heavy atom. The minimum absolute atomic E-state index is 0.0109. The summed E-state index contributed by atoms with van der Waals surface area (Å²) >= 11 is 1.76. The monoisotopic (exact) mass is 344 g/mol. The van der Waals surface area contributed by atoms with E-state index >= 15 is 0 Å². The summed E-state index contributed by atoms with van der Waals surface area (Å²) in [6.45, 7) is 2.62. The van der Waals surface area contributed by atoms with Crippen LogP contribution in [0.2, 0.25) is 0 Å². The largest absolute Gasteiger partial charge is 0.484 e. The molecule has 1 aromatic carbocycles. The van der Waals surface area contributed by atoms with Gasteiger partial charge in [-0.1, -0.05) is 13.0 Å². The maximum absolute atomic E-state index is 13.0. The van der Waals surface area contributed by atoms with Gasteiger partial charge < -0.3 is 15.4 Å². The van der Waals surface area contributed by atoms with E-state index in [1.54, 1.807) is 35.6 Å². The third-order valence-corrected chi connectivity index (χ3v) is 5.20. The third kappa shape index (κ3) is 3.28. The lowest BCUT2D eigenvalue weighted by molar-refractivity contribution is -0.119. The first-order chi connectivity index (χ1) is 11.6. The van der Waals surface area contributed by atoms with Crippen LogP contribution in [0.1, 0.15) is 40.2 Å². The van der Waals surface area contributed by atoms with Crippen LogP contribution >= 0.6 is 11.3 Å². The van der Waals surface area contributed by atoms with Crippen LogP contribution in [0.5, 0.6) is 5.75 Å². The molecular formula is C18H20N2O3S. The highest BCUT2D eigenvalue weighted by molar-refractivity contribution is 7.10. The van der Waals surface area contributed by atoms with Gasteiger partial charge in [-0.15, -0.1) is 11.3 Å². The number of nitrogens with two attached hydrogens (primary N) is 1. The molecule has 2 N–H and O–H groups in total. The quantitative estimate of drug-likeness (QED) is 0.906. The van der Waals surface area contributed by atoms with Gasteiger partial charge in [0, 0.05) is 17.0 Å². The molecule has 0 bridgehead atoms. The van der Waals surface area contributed by atoms with E-state index in [1.165, 1.54) is 10.4 Å². The van der Waals surface area contributed by atoms with Crippen LogP contribution in [-0.4, -0.2) is 29.9 Å². The molecule has 1 aliphatic heterocycles. The Balaban J connectivity index is 1.81. The first-order valence-electron chi connectivity index (χ1n) is 7.98. The molecule has 126 valence electrons. The van der Waals surface area contributed by atoms with E-state index in [1.807, 2.05) is 4.90 Å². The number of hydrogen-bond donors (Lipinski definition) is 1. The van der Waals surface area contributed by atoms with Gasteiger partial charge in [0.05, 0.1) is 6.04 Å². The zero-order valence-corrected chi connectivity index (χ0v) is 14.3. The first kappa shape index (κ1) is 16.5. The molecule has 0 aliphatic carbocycles. The fraction of sp³-hybridized carbons (Fsp3) is 0.333. The van der Waals surface area contributed by atoms with Crippen LogP contribution in [0, 0.1) is 0 Å². The highest BCUT2D eigenvalue weighted by Crippen LogP contribution is 2.36. The number of carbonyl (C=O) groups is 2. The standard InChI is InChI=1S/C18H20N2O3S/c1-2-15-14-7-9-24-16(14)6-8-20(15)18(22)12-4-3-5-13(10-12)23-11-17(19)21/h3-5,7,9-10,15H,2,6,8,11H2,1H3,(H2,19,21). The van der Waals surface area contributed by atoms with Gasteiger partial charge in [0.1, 0.15) is 5.75 Å². The molecule has 1 aliphatic rings. The van der Waals surface area contributed by atoms with E-state index in [4.69, 9.17) is 10.5 Å². The second-order valence-electron chi connectivity index (χ2n) is 5.75. The van der Waals surface area contributed by atoms with Crippen LogP contribution in [0.25, 0.3) is 0 Å². The third-order valence-electron chi connectivity index (χ3n) is 4.20. The van der Waals surface area contributed by atoms with Gasteiger partial charge in [-0.3, -0.25) is 9.59 Å². The summed E-state index contributed by atoms with van der Waals surface area (Å²) in [6, 6.07) is 9.15. The highest BCUT2D eigenvalue weighted by atomic mass is 32.1. The fourth-order valence-corrected chi connectivity index (χ4v) is 4.05. The lowest BCUT2D eigenvalue weighted by atomic mass is 9.97. The van der Waals surface area contributed by atoms with Crippen molar-refractivity contribution in [2.45, 2.75) is 25.8 Å². The molecule has 0 saturated carbocycles. The summed E-state index contributed by atoms with van der Waals surface area (Å²) in [5, 5.41) is 2.10. The number of hydrogen-bond acceptors (Lipinski definition) is 4. The topological polar surface area (TPSA) is 72.6 Å². The predicted molar refractivity (Wildman–Crippen MR) is 93.2 cm³/mol. The molecule has 0 saturated heterocycles. The Morgan fingerprint density at radius 2 is 2.21 bits per heavy atom. The molecule has 2 aromatic rings. The van der Waals surface area contributed by atoms with Crippen molar-refractivity contribution in [3.63, 3.8) is 0 Å². The van der Waals surface area contributed by atoms with Gasteiger partial charge in [-0.2, -0.15) is 0 Å². The summed E-state index contributed by atoms with van der Waals surface area (Å²) in [4.78, 5) is 27.1. The second-order valence-corrected chi connectivity index (χ2v) is 6.76. The number of thiophene rings is 1. The Kier molecular flexibility index (Phi) is 4.85. The number of rotatable bonds is 5. The van der Waals surface area contributed by atoms with Gasteiger partial charge in [-0.05, 0) is 48.1 Å². The summed E-state index contributed by atoms with van der Waals surface area (Å²) in [6.07, 6.45) is 1.78. The molecule has 6 heteroatoms. The minimum Gasteiger partial charge on any atom is -0.484 e. The summed E-state index contributed by atoms with van der Waals surface area (Å²) in [5.41, 5.74) is 6.92. The molecular weight excluding hydrogens is 324 g/mol. The van der Waals surface area contributed by atoms with Crippen LogP contribution in [-0.2, 0) is 11.2 Å². The summed E-state index contributed by atoms with van der Waals surface area (Å²) in [7, 11) is 0. The molecule has 0 fully saturated rings. The number of primary amides is 1. The maximum atomic E-state index is 13.0. The van der Waals surface area contributed by atoms with Crippen molar-refractivity contribution in [3.8, 4) is 5.75 Å². The van der Waals surface area contributed by atoms with Gasteiger partial charge in [0.25, 0.3) is 11.8 Å². The number of benzene rings is 1. The van der Waals surface area contributed by atoms with Gasteiger partial charge in [0.2, 0.25) is 0 Å². The minimum atomic E-state index is -0.543. The van der Waals surface area contributed by atoms with Crippen LogP contribution < -0.4 is 10.5 Å². The van der Waals surface area contributed by atoms with E-state index in [2.05, 4.69) is 18.4 Å². The van der Waals surface area contributed by atoms with Crippen LogP contribution in [0.15, 0.2) is 35.7 Å². The van der Waals surface area contributed by atoms with E-state index < -0.39 is 5.91 Å². The average molecular weight is 344 g/mol. The second kappa shape index (κ2) is 7.05. The number of ether oxygens (including phenoxy) is 1. The van der Waals surface area contributed by atoms with Gasteiger partial charge in [-0.25, -0.2) is 0 Å². The predicted octanol–water partition coefficient (Wildman–Crippen LogP) is 2.76. The number of amides is 2. The smallest absolute Gasteiger partial charge is 0.255 e. The maximum Gasteiger partial charge on any atom is 0.255 e.